The van der Waals surface area contributed by atoms with E-state index in [0.717, 1.165) is 13.1 Å². The Hall–Kier alpha value is -0.610. The predicted molar refractivity (Wildman–Crippen MR) is 57.5 cm³/mol. The first-order valence-electron chi connectivity index (χ1n) is 4.96. The van der Waals surface area contributed by atoms with Crippen LogP contribution in [0.2, 0.25) is 0 Å². The van der Waals surface area contributed by atoms with E-state index in [-0.39, 0.29) is 12.0 Å². The van der Waals surface area contributed by atoms with E-state index in [1.165, 1.54) is 0 Å². The highest BCUT2D eigenvalue weighted by Crippen LogP contribution is 2.07. The summed E-state index contributed by atoms with van der Waals surface area (Å²) in [7, 11) is 4.08. The van der Waals surface area contributed by atoms with E-state index in [2.05, 4.69) is 24.1 Å². The molecular weight excluding hydrogens is 180 g/mol. The molecule has 2 N–H and O–H groups in total. The SMILES string of the molecule is CN(C)C(C)(C)CNCCCC(=O)O. The molecule has 0 spiro atoms. The first-order chi connectivity index (χ1) is 6.36. The van der Waals surface area contributed by atoms with Gasteiger partial charge in [-0.1, -0.05) is 0 Å². The first kappa shape index (κ1) is 13.4. The van der Waals surface area contributed by atoms with E-state index in [9.17, 15) is 4.79 Å². The van der Waals surface area contributed by atoms with Crippen molar-refractivity contribution in [3.8, 4) is 0 Å². The standard InChI is InChI=1S/C10H22N2O2/c1-10(2,12(3)4)8-11-7-5-6-9(13)14/h11H,5-8H2,1-4H3,(H,13,14). The average molecular weight is 202 g/mol. The van der Waals surface area contributed by atoms with Gasteiger partial charge in [-0.25, -0.2) is 0 Å². The van der Waals surface area contributed by atoms with Gasteiger partial charge < -0.3 is 15.3 Å². The summed E-state index contributed by atoms with van der Waals surface area (Å²) in [6.07, 6.45) is 0.939. The number of carboxylic acids is 1. The second-order valence-electron chi connectivity index (χ2n) is 4.38. The molecule has 84 valence electrons. The number of carbonyl (C=O) groups is 1. The fourth-order valence-corrected chi connectivity index (χ4v) is 0.917. The Morgan fingerprint density at radius 1 is 1.43 bits per heavy atom. The van der Waals surface area contributed by atoms with Gasteiger partial charge in [0.05, 0.1) is 0 Å². The van der Waals surface area contributed by atoms with Gasteiger partial charge in [-0.05, 0) is 40.9 Å². The van der Waals surface area contributed by atoms with E-state index >= 15 is 0 Å². The third-order valence-electron chi connectivity index (χ3n) is 2.51. The van der Waals surface area contributed by atoms with Crippen molar-refractivity contribution in [2.75, 3.05) is 27.2 Å². The van der Waals surface area contributed by atoms with Crippen LogP contribution in [0.15, 0.2) is 0 Å². The molecule has 0 radical (unpaired) electrons. The Bertz CT molecular complexity index is 179. The highest BCUT2D eigenvalue weighted by molar-refractivity contribution is 5.66. The summed E-state index contributed by atoms with van der Waals surface area (Å²) in [5.74, 6) is -0.723. The van der Waals surface area contributed by atoms with Gasteiger partial charge >= 0.3 is 5.97 Å². The summed E-state index contributed by atoms with van der Waals surface area (Å²) in [4.78, 5) is 12.4. The van der Waals surface area contributed by atoms with Crippen molar-refractivity contribution in [1.82, 2.24) is 10.2 Å². The lowest BCUT2D eigenvalue weighted by atomic mass is 10.0. The monoisotopic (exact) mass is 202 g/mol. The molecule has 0 aliphatic heterocycles. The van der Waals surface area contributed by atoms with Crippen LogP contribution in [0.3, 0.4) is 0 Å². The fraction of sp³-hybridized carbons (Fsp3) is 0.900. The van der Waals surface area contributed by atoms with Crippen LogP contribution < -0.4 is 5.32 Å². The Kier molecular flexibility index (Phi) is 5.72. The molecule has 0 saturated heterocycles. The average Bonchev–Trinajstić information content (AvgIpc) is 2.02. The van der Waals surface area contributed by atoms with Gasteiger partial charge in [0.15, 0.2) is 0 Å². The number of hydrogen-bond acceptors (Lipinski definition) is 3. The zero-order valence-corrected chi connectivity index (χ0v) is 9.63. The molecular formula is C10H22N2O2. The molecule has 0 bridgehead atoms. The minimum Gasteiger partial charge on any atom is -0.481 e. The van der Waals surface area contributed by atoms with Crippen LogP contribution in [0.5, 0.6) is 0 Å². The molecule has 0 aliphatic rings. The molecule has 0 rings (SSSR count). The topological polar surface area (TPSA) is 52.6 Å². The molecule has 0 aromatic carbocycles. The van der Waals surface area contributed by atoms with E-state index < -0.39 is 5.97 Å². The largest absolute Gasteiger partial charge is 0.481 e. The third kappa shape index (κ3) is 5.94. The van der Waals surface area contributed by atoms with Crippen LogP contribution in [0.1, 0.15) is 26.7 Å². The molecule has 4 nitrogen and oxygen atoms in total. The molecule has 0 heterocycles. The van der Waals surface area contributed by atoms with Crippen molar-refractivity contribution >= 4 is 5.97 Å². The van der Waals surface area contributed by atoms with Crippen molar-refractivity contribution < 1.29 is 9.90 Å². The quantitative estimate of drug-likeness (QED) is 0.599. The summed E-state index contributed by atoms with van der Waals surface area (Å²) >= 11 is 0. The lowest BCUT2D eigenvalue weighted by molar-refractivity contribution is -0.137. The van der Waals surface area contributed by atoms with E-state index in [1.54, 1.807) is 0 Å². The van der Waals surface area contributed by atoms with Gasteiger partial charge in [0.1, 0.15) is 0 Å². The molecule has 0 aromatic heterocycles. The number of hydrogen-bond donors (Lipinski definition) is 2. The minimum absolute atomic E-state index is 0.114. The summed E-state index contributed by atoms with van der Waals surface area (Å²) in [5, 5.41) is 11.7. The first-order valence-corrected chi connectivity index (χ1v) is 4.96. The van der Waals surface area contributed by atoms with Crippen molar-refractivity contribution in [1.29, 1.82) is 0 Å². The highest BCUT2D eigenvalue weighted by Gasteiger charge is 2.19. The van der Waals surface area contributed by atoms with E-state index in [4.69, 9.17) is 5.11 Å². The van der Waals surface area contributed by atoms with Crippen LogP contribution in [0.25, 0.3) is 0 Å². The molecule has 0 saturated carbocycles. The van der Waals surface area contributed by atoms with Gasteiger partial charge in [0, 0.05) is 18.5 Å². The van der Waals surface area contributed by atoms with E-state index in [1.807, 2.05) is 14.1 Å². The lowest BCUT2D eigenvalue weighted by Gasteiger charge is -2.32. The Labute approximate surface area is 86.3 Å². The molecule has 0 fully saturated rings. The van der Waals surface area contributed by atoms with Crippen LogP contribution in [0.4, 0.5) is 0 Å². The van der Waals surface area contributed by atoms with Crippen molar-refractivity contribution in [2.24, 2.45) is 0 Å². The zero-order valence-electron chi connectivity index (χ0n) is 9.63. The van der Waals surface area contributed by atoms with Crippen LogP contribution in [0, 0.1) is 0 Å². The fourth-order valence-electron chi connectivity index (χ4n) is 0.917. The summed E-state index contributed by atoms with van der Waals surface area (Å²) in [6.45, 7) is 5.94. The smallest absolute Gasteiger partial charge is 0.303 e. The van der Waals surface area contributed by atoms with Crippen molar-refractivity contribution in [3.05, 3.63) is 0 Å². The Balaban J connectivity index is 3.49. The summed E-state index contributed by atoms with van der Waals surface area (Å²) in [5.41, 5.74) is 0.114. The summed E-state index contributed by atoms with van der Waals surface area (Å²) in [6, 6.07) is 0. The second-order valence-corrected chi connectivity index (χ2v) is 4.38. The number of likely N-dealkylation sites (N-methyl/N-ethyl adjacent to an activating group) is 1. The normalized spacial score (nSPS) is 12.1. The summed E-state index contributed by atoms with van der Waals surface area (Å²) < 4.78 is 0. The highest BCUT2D eigenvalue weighted by atomic mass is 16.4. The molecule has 4 heteroatoms. The maximum absolute atomic E-state index is 10.2. The van der Waals surface area contributed by atoms with Crippen molar-refractivity contribution in [2.45, 2.75) is 32.2 Å². The minimum atomic E-state index is -0.723. The number of aliphatic carboxylic acids is 1. The van der Waals surface area contributed by atoms with Gasteiger partial charge in [-0.2, -0.15) is 0 Å². The predicted octanol–water partition coefficient (Wildman–Crippen LogP) is 0.781. The molecule has 0 amide bonds. The van der Waals surface area contributed by atoms with Crippen LogP contribution in [-0.4, -0.2) is 48.7 Å². The van der Waals surface area contributed by atoms with Crippen LogP contribution >= 0.6 is 0 Å². The van der Waals surface area contributed by atoms with Gasteiger partial charge in [0.25, 0.3) is 0 Å². The molecule has 0 atom stereocenters. The maximum Gasteiger partial charge on any atom is 0.303 e. The third-order valence-corrected chi connectivity index (χ3v) is 2.51. The van der Waals surface area contributed by atoms with Crippen LogP contribution in [-0.2, 0) is 4.79 Å². The zero-order chi connectivity index (χ0) is 11.2. The number of nitrogens with zero attached hydrogens (tertiary/aromatic N) is 1. The Morgan fingerprint density at radius 3 is 2.43 bits per heavy atom. The van der Waals surface area contributed by atoms with Gasteiger partial charge in [-0.3, -0.25) is 4.79 Å². The van der Waals surface area contributed by atoms with Crippen molar-refractivity contribution in [3.63, 3.8) is 0 Å². The Morgan fingerprint density at radius 2 is 2.00 bits per heavy atom. The van der Waals surface area contributed by atoms with E-state index in [0.29, 0.717) is 6.42 Å². The molecule has 14 heavy (non-hydrogen) atoms. The number of nitrogens with one attached hydrogen (secondary N) is 1. The van der Waals surface area contributed by atoms with Gasteiger partial charge in [0.2, 0.25) is 0 Å². The molecule has 0 aromatic rings. The lowest BCUT2D eigenvalue weighted by Crippen LogP contribution is -2.46. The number of rotatable bonds is 7. The number of carboxylic acid groups (broad SMARTS) is 1. The van der Waals surface area contributed by atoms with Gasteiger partial charge in [-0.15, -0.1) is 0 Å². The molecule has 0 unspecified atom stereocenters. The molecule has 0 aliphatic carbocycles. The second kappa shape index (κ2) is 5.98. The maximum atomic E-state index is 10.2.